The summed E-state index contributed by atoms with van der Waals surface area (Å²) in [5.74, 6) is 2.69. The van der Waals surface area contributed by atoms with Gasteiger partial charge in [-0.1, -0.05) is 29.1 Å². The van der Waals surface area contributed by atoms with E-state index in [0.717, 1.165) is 47.7 Å². The highest BCUT2D eigenvalue weighted by atomic mass is 32.1. The molecule has 1 unspecified atom stereocenters. The lowest BCUT2D eigenvalue weighted by Gasteiger charge is -2.30. The molecule has 4 aromatic rings. The summed E-state index contributed by atoms with van der Waals surface area (Å²) < 4.78 is 4.35. The summed E-state index contributed by atoms with van der Waals surface area (Å²) in [6.07, 6.45) is 9.90. The largest absolute Gasteiger partial charge is 0.294 e. The van der Waals surface area contributed by atoms with E-state index in [9.17, 15) is 0 Å². The van der Waals surface area contributed by atoms with Gasteiger partial charge in [0.15, 0.2) is 0 Å². The van der Waals surface area contributed by atoms with E-state index in [1.54, 1.807) is 33.7 Å². The lowest BCUT2D eigenvalue weighted by molar-refractivity contribution is 0.172. The molecule has 0 amide bonds. The van der Waals surface area contributed by atoms with Crippen molar-refractivity contribution in [2.45, 2.75) is 38.8 Å². The Labute approximate surface area is 189 Å². The Hall–Kier alpha value is -2.36. The first-order valence-corrected chi connectivity index (χ1v) is 12.7. The van der Waals surface area contributed by atoms with Crippen LogP contribution in [0.15, 0.2) is 47.7 Å². The normalized spacial score (nSPS) is 22.7. The first kappa shape index (κ1) is 19.3. The van der Waals surface area contributed by atoms with Gasteiger partial charge < -0.3 is 0 Å². The van der Waals surface area contributed by atoms with Crippen LogP contribution in [0.2, 0.25) is 0 Å². The zero-order valence-corrected chi connectivity index (χ0v) is 18.9. The molecule has 2 aliphatic rings. The zero-order valence-electron chi connectivity index (χ0n) is 17.2. The van der Waals surface area contributed by atoms with Gasteiger partial charge in [0.05, 0.1) is 0 Å². The monoisotopic (exact) mass is 451 g/mol. The highest BCUT2D eigenvalue weighted by molar-refractivity contribution is 7.12. The van der Waals surface area contributed by atoms with Crippen molar-refractivity contribution in [1.82, 2.24) is 34.4 Å². The predicted molar refractivity (Wildman–Crippen MR) is 122 cm³/mol. The fourth-order valence-corrected chi connectivity index (χ4v) is 6.73. The van der Waals surface area contributed by atoms with Gasteiger partial charge in [-0.25, -0.2) is 0 Å². The third-order valence-corrected chi connectivity index (χ3v) is 8.30. The van der Waals surface area contributed by atoms with Gasteiger partial charge in [0.25, 0.3) is 0 Å². The summed E-state index contributed by atoms with van der Waals surface area (Å²) in [6.45, 7) is 2.92. The number of fused-ring (bicyclic) bond motifs is 2. The van der Waals surface area contributed by atoms with Crippen LogP contribution in [0.25, 0.3) is 10.3 Å². The molecule has 4 heterocycles. The summed E-state index contributed by atoms with van der Waals surface area (Å²) >= 11 is 3.15. The molecule has 3 atom stereocenters. The fourth-order valence-electron chi connectivity index (χ4n) is 5.58. The van der Waals surface area contributed by atoms with Crippen LogP contribution in [-0.2, 0) is 13.1 Å². The molecule has 4 aromatic heterocycles. The Bertz CT molecular complexity index is 1040. The molecule has 0 aromatic carbocycles. The molecule has 7 nitrogen and oxygen atoms in total. The molecule has 9 heteroatoms. The first-order valence-electron chi connectivity index (χ1n) is 10.9. The van der Waals surface area contributed by atoms with Crippen molar-refractivity contribution < 1.29 is 0 Å². The SMILES string of the molecule is c1cc(CN(Cc2cccn2-c2nncs2)CC2C[C@H]3CC[C@@H]2C3)n(-c2nncs2)c1. The predicted octanol–water partition coefficient (Wildman–Crippen LogP) is 4.41. The number of rotatable bonds is 8. The number of aromatic nitrogens is 6. The van der Waals surface area contributed by atoms with Gasteiger partial charge in [0, 0.05) is 43.4 Å². The molecule has 2 fully saturated rings. The molecule has 2 bridgehead atoms. The van der Waals surface area contributed by atoms with Crippen LogP contribution in [0.5, 0.6) is 0 Å². The van der Waals surface area contributed by atoms with Gasteiger partial charge in [0.2, 0.25) is 10.3 Å². The smallest absolute Gasteiger partial charge is 0.216 e. The quantitative estimate of drug-likeness (QED) is 0.397. The number of hydrogen-bond donors (Lipinski definition) is 0. The number of hydrogen-bond acceptors (Lipinski definition) is 7. The molecule has 2 aliphatic carbocycles. The van der Waals surface area contributed by atoms with Gasteiger partial charge in [-0.2, -0.15) is 0 Å². The molecule has 0 spiro atoms. The second kappa shape index (κ2) is 8.29. The Balaban J connectivity index is 1.27. The Morgan fingerprint density at radius 1 is 0.871 bits per heavy atom. The Kier molecular flexibility index (Phi) is 5.17. The van der Waals surface area contributed by atoms with Gasteiger partial charge in [-0.05, 0) is 61.3 Å². The molecular formula is C22H25N7S2. The minimum Gasteiger partial charge on any atom is -0.294 e. The van der Waals surface area contributed by atoms with Crippen molar-refractivity contribution >= 4 is 22.7 Å². The van der Waals surface area contributed by atoms with E-state index in [-0.39, 0.29) is 0 Å². The van der Waals surface area contributed by atoms with Crippen molar-refractivity contribution in [2.75, 3.05) is 6.54 Å². The maximum Gasteiger partial charge on any atom is 0.216 e. The van der Waals surface area contributed by atoms with Gasteiger partial charge in [-0.3, -0.25) is 14.0 Å². The lowest BCUT2D eigenvalue weighted by atomic mass is 9.88. The van der Waals surface area contributed by atoms with Crippen molar-refractivity contribution in [3.05, 3.63) is 59.1 Å². The topological polar surface area (TPSA) is 64.7 Å². The zero-order chi connectivity index (χ0) is 20.6. The molecule has 6 rings (SSSR count). The molecule has 0 saturated heterocycles. The van der Waals surface area contributed by atoms with Crippen molar-refractivity contribution in [3.63, 3.8) is 0 Å². The lowest BCUT2D eigenvalue weighted by Crippen LogP contribution is -2.32. The minimum atomic E-state index is 0.814. The first-order chi connectivity index (χ1) is 15.3. The highest BCUT2D eigenvalue weighted by Gasteiger charge is 2.40. The van der Waals surface area contributed by atoms with Gasteiger partial charge in [-0.15, -0.1) is 20.4 Å². The summed E-state index contributed by atoms with van der Waals surface area (Å²) in [4.78, 5) is 2.62. The van der Waals surface area contributed by atoms with Gasteiger partial charge in [0.1, 0.15) is 11.0 Å². The summed E-state index contributed by atoms with van der Waals surface area (Å²) in [6, 6.07) is 8.63. The molecule has 0 radical (unpaired) electrons. The van der Waals surface area contributed by atoms with E-state index < -0.39 is 0 Å². The average Bonchev–Trinajstić information content (AvgIpc) is 3.60. The van der Waals surface area contributed by atoms with Crippen LogP contribution in [0.4, 0.5) is 0 Å². The van der Waals surface area contributed by atoms with Crippen molar-refractivity contribution in [2.24, 2.45) is 17.8 Å². The van der Waals surface area contributed by atoms with E-state index in [0.29, 0.717) is 0 Å². The molecule has 0 N–H and O–H groups in total. The maximum absolute atomic E-state index is 4.28. The second-order valence-electron chi connectivity index (χ2n) is 8.79. The standard InChI is InChI=1S/C22H25N7S2/c1-3-19(28(7-1)21-25-23-14-30-21)12-27(11-18-10-16-5-6-17(18)9-16)13-20-4-2-8-29(20)22-26-24-15-31-22/h1-4,7-8,14-18H,5-6,9-13H2/t16-,17+,18?/m0/s1. The van der Waals surface area contributed by atoms with E-state index in [2.05, 4.69) is 71.1 Å². The summed E-state index contributed by atoms with van der Waals surface area (Å²) in [5, 5.41) is 18.5. The fraction of sp³-hybridized carbons (Fsp3) is 0.455. The molecule has 31 heavy (non-hydrogen) atoms. The molecule has 160 valence electrons. The van der Waals surface area contributed by atoms with E-state index in [1.165, 1.54) is 37.1 Å². The van der Waals surface area contributed by atoms with E-state index in [4.69, 9.17) is 0 Å². The Morgan fingerprint density at radius 2 is 1.52 bits per heavy atom. The second-order valence-corrected chi connectivity index (χ2v) is 10.4. The molecular weight excluding hydrogens is 426 g/mol. The van der Waals surface area contributed by atoms with Crippen LogP contribution in [0.3, 0.4) is 0 Å². The Morgan fingerprint density at radius 3 is 2.00 bits per heavy atom. The average molecular weight is 452 g/mol. The minimum absolute atomic E-state index is 0.814. The molecule has 0 aliphatic heterocycles. The van der Waals surface area contributed by atoms with Crippen LogP contribution < -0.4 is 0 Å². The third kappa shape index (κ3) is 3.86. The molecule has 2 saturated carbocycles. The van der Waals surface area contributed by atoms with Crippen molar-refractivity contribution in [1.29, 1.82) is 0 Å². The summed E-state index contributed by atoms with van der Waals surface area (Å²) in [7, 11) is 0. The van der Waals surface area contributed by atoms with Crippen LogP contribution in [0.1, 0.15) is 37.1 Å². The maximum atomic E-state index is 4.28. The number of nitrogens with zero attached hydrogens (tertiary/aromatic N) is 7. The van der Waals surface area contributed by atoms with Crippen LogP contribution >= 0.6 is 22.7 Å². The van der Waals surface area contributed by atoms with Gasteiger partial charge >= 0.3 is 0 Å². The van der Waals surface area contributed by atoms with E-state index in [1.807, 2.05) is 0 Å². The van der Waals surface area contributed by atoms with Crippen LogP contribution in [0, 0.1) is 17.8 Å². The highest BCUT2D eigenvalue weighted by Crippen LogP contribution is 2.48. The third-order valence-electron chi connectivity index (χ3n) is 6.92. The van der Waals surface area contributed by atoms with Crippen molar-refractivity contribution in [3.8, 4) is 10.3 Å². The summed E-state index contributed by atoms with van der Waals surface area (Å²) in [5.41, 5.74) is 6.10. The van der Waals surface area contributed by atoms with Crippen LogP contribution in [-0.4, -0.2) is 41.0 Å². The van der Waals surface area contributed by atoms with E-state index >= 15 is 0 Å².